The molecule has 0 spiro atoms. The Bertz CT molecular complexity index is 483. The molecule has 6 nitrogen and oxygen atoms in total. The molecule has 0 aliphatic carbocycles. The summed E-state index contributed by atoms with van der Waals surface area (Å²) in [4.78, 5) is 22.1. The second kappa shape index (κ2) is 5.14. The molecule has 0 bridgehead atoms. The molecular weight excluding hydrogens is 234 g/mol. The van der Waals surface area contributed by atoms with Gasteiger partial charge in [-0.15, -0.1) is 0 Å². The maximum absolute atomic E-state index is 11.9. The topological polar surface area (TPSA) is 84.3 Å². The lowest BCUT2D eigenvalue weighted by Crippen LogP contribution is -2.48. The number of nitro benzene ring substituents is 1. The maximum Gasteiger partial charge on any atom is 0.270 e. The molecule has 1 heterocycles. The Morgan fingerprint density at radius 3 is 2.83 bits per heavy atom. The summed E-state index contributed by atoms with van der Waals surface area (Å²) in [6.07, 6.45) is 0. The monoisotopic (exact) mass is 249 g/mol. The van der Waals surface area contributed by atoms with Gasteiger partial charge in [-0.1, -0.05) is 6.07 Å². The summed E-state index contributed by atoms with van der Waals surface area (Å²) >= 11 is 0. The Kier molecular flexibility index (Phi) is 3.57. The van der Waals surface area contributed by atoms with E-state index in [9.17, 15) is 14.9 Å². The molecule has 6 heteroatoms. The Balaban J connectivity index is 2.07. The standard InChI is InChI=1S/C12H15N3O3/c1-8-2-3-10(15(17)18)4-11(8)12(16)14-7-9-5-13-6-9/h2-4,9,13H,5-7H2,1H3,(H,14,16). The van der Waals surface area contributed by atoms with Crippen molar-refractivity contribution in [2.45, 2.75) is 6.92 Å². The first kappa shape index (κ1) is 12.5. The van der Waals surface area contributed by atoms with Crippen molar-refractivity contribution in [3.63, 3.8) is 0 Å². The van der Waals surface area contributed by atoms with Crippen LogP contribution in [0.25, 0.3) is 0 Å². The van der Waals surface area contributed by atoms with Crippen molar-refractivity contribution in [2.75, 3.05) is 19.6 Å². The van der Waals surface area contributed by atoms with Crippen LogP contribution in [-0.4, -0.2) is 30.5 Å². The lowest BCUT2D eigenvalue weighted by Gasteiger charge is -2.27. The summed E-state index contributed by atoms with van der Waals surface area (Å²) < 4.78 is 0. The van der Waals surface area contributed by atoms with Gasteiger partial charge in [0.25, 0.3) is 11.6 Å². The van der Waals surface area contributed by atoms with Crippen LogP contribution in [0.1, 0.15) is 15.9 Å². The number of carbonyl (C=O) groups excluding carboxylic acids is 1. The molecule has 1 aliphatic heterocycles. The minimum Gasteiger partial charge on any atom is -0.352 e. The zero-order valence-electron chi connectivity index (χ0n) is 10.1. The van der Waals surface area contributed by atoms with Crippen LogP contribution in [0.4, 0.5) is 5.69 Å². The van der Waals surface area contributed by atoms with Gasteiger partial charge in [0.15, 0.2) is 0 Å². The third-order valence-electron chi connectivity index (χ3n) is 3.09. The van der Waals surface area contributed by atoms with Crippen molar-refractivity contribution in [1.29, 1.82) is 0 Å². The van der Waals surface area contributed by atoms with E-state index in [0.717, 1.165) is 18.7 Å². The van der Waals surface area contributed by atoms with E-state index in [1.807, 2.05) is 0 Å². The molecular formula is C12H15N3O3. The third kappa shape index (κ3) is 2.65. The van der Waals surface area contributed by atoms with E-state index in [-0.39, 0.29) is 11.6 Å². The van der Waals surface area contributed by atoms with Gasteiger partial charge in [-0.05, 0) is 12.5 Å². The smallest absolute Gasteiger partial charge is 0.270 e. The summed E-state index contributed by atoms with van der Waals surface area (Å²) in [6, 6.07) is 4.32. The number of amides is 1. The molecule has 1 aromatic rings. The molecule has 2 N–H and O–H groups in total. The number of hydrogen-bond acceptors (Lipinski definition) is 4. The van der Waals surface area contributed by atoms with Gasteiger partial charge in [-0.3, -0.25) is 14.9 Å². The molecule has 0 aromatic heterocycles. The molecule has 1 aromatic carbocycles. The molecule has 96 valence electrons. The molecule has 0 atom stereocenters. The van der Waals surface area contributed by atoms with Crippen molar-refractivity contribution in [2.24, 2.45) is 5.92 Å². The first-order chi connectivity index (χ1) is 8.58. The highest BCUT2D eigenvalue weighted by atomic mass is 16.6. The Morgan fingerprint density at radius 2 is 2.28 bits per heavy atom. The van der Waals surface area contributed by atoms with Crippen LogP contribution in [0.3, 0.4) is 0 Å². The van der Waals surface area contributed by atoms with Gasteiger partial charge < -0.3 is 10.6 Å². The van der Waals surface area contributed by atoms with Crippen LogP contribution in [0.15, 0.2) is 18.2 Å². The highest BCUT2D eigenvalue weighted by molar-refractivity contribution is 5.96. The second-order valence-electron chi connectivity index (χ2n) is 4.49. The van der Waals surface area contributed by atoms with Crippen LogP contribution in [0.5, 0.6) is 0 Å². The Labute approximate surface area is 105 Å². The molecule has 1 aliphatic rings. The first-order valence-electron chi connectivity index (χ1n) is 5.82. The fraction of sp³-hybridized carbons (Fsp3) is 0.417. The van der Waals surface area contributed by atoms with Gasteiger partial charge in [-0.2, -0.15) is 0 Å². The molecule has 1 fully saturated rings. The van der Waals surface area contributed by atoms with E-state index >= 15 is 0 Å². The van der Waals surface area contributed by atoms with Gasteiger partial charge in [0.05, 0.1) is 4.92 Å². The molecule has 1 saturated heterocycles. The van der Waals surface area contributed by atoms with Crippen molar-refractivity contribution in [3.05, 3.63) is 39.4 Å². The van der Waals surface area contributed by atoms with E-state index in [4.69, 9.17) is 0 Å². The molecule has 18 heavy (non-hydrogen) atoms. The fourth-order valence-electron chi connectivity index (χ4n) is 1.79. The molecule has 0 unspecified atom stereocenters. The van der Waals surface area contributed by atoms with Crippen LogP contribution in [0, 0.1) is 23.0 Å². The largest absolute Gasteiger partial charge is 0.352 e. The summed E-state index contributed by atoms with van der Waals surface area (Å²) in [7, 11) is 0. The van der Waals surface area contributed by atoms with E-state index in [2.05, 4.69) is 10.6 Å². The average Bonchev–Trinajstić information content (AvgIpc) is 2.26. The van der Waals surface area contributed by atoms with Gasteiger partial charge in [0.2, 0.25) is 0 Å². The first-order valence-corrected chi connectivity index (χ1v) is 5.82. The lowest BCUT2D eigenvalue weighted by molar-refractivity contribution is -0.384. The predicted molar refractivity (Wildman–Crippen MR) is 66.5 cm³/mol. The summed E-state index contributed by atoms with van der Waals surface area (Å²) in [5.74, 6) is 0.219. The summed E-state index contributed by atoms with van der Waals surface area (Å²) in [6.45, 7) is 4.19. The van der Waals surface area contributed by atoms with Crippen LogP contribution < -0.4 is 10.6 Å². The Hall–Kier alpha value is -1.95. The highest BCUT2D eigenvalue weighted by Gasteiger charge is 2.19. The highest BCUT2D eigenvalue weighted by Crippen LogP contribution is 2.17. The molecule has 0 saturated carbocycles. The van der Waals surface area contributed by atoms with E-state index in [0.29, 0.717) is 18.0 Å². The summed E-state index contributed by atoms with van der Waals surface area (Å²) in [5.41, 5.74) is 1.05. The van der Waals surface area contributed by atoms with Crippen LogP contribution in [-0.2, 0) is 0 Å². The number of nitrogens with zero attached hydrogens (tertiary/aromatic N) is 1. The second-order valence-corrected chi connectivity index (χ2v) is 4.49. The third-order valence-corrected chi connectivity index (χ3v) is 3.09. The van der Waals surface area contributed by atoms with Gasteiger partial charge in [0, 0.05) is 43.2 Å². The minimum atomic E-state index is -0.494. The SMILES string of the molecule is Cc1ccc([N+](=O)[O-])cc1C(=O)NCC1CNC1. The van der Waals surface area contributed by atoms with Crippen LogP contribution >= 0.6 is 0 Å². The van der Waals surface area contributed by atoms with Crippen molar-refractivity contribution in [1.82, 2.24) is 10.6 Å². The number of aryl methyl sites for hydroxylation is 1. The number of benzene rings is 1. The van der Waals surface area contributed by atoms with Gasteiger partial charge in [-0.25, -0.2) is 0 Å². The van der Waals surface area contributed by atoms with E-state index in [1.165, 1.54) is 12.1 Å². The van der Waals surface area contributed by atoms with E-state index in [1.54, 1.807) is 13.0 Å². The number of non-ortho nitro benzene ring substituents is 1. The number of nitro groups is 1. The number of hydrogen-bond donors (Lipinski definition) is 2. The zero-order valence-corrected chi connectivity index (χ0v) is 10.1. The zero-order chi connectivity index (χ0) is 13.1. The molecule has 2 rings (SSSR count). The molecule has 1 amide bonds. The normalized spacial score (nSPS) is 14.9. The number of carbonyl (C=O) groups is 1. The van der Waals surface area contributed by atoms with Crippen molar-refractivity contribution < 1.29 is 9.72 Å². The van der Waals surface area contributed by atoms with Crippen molar-refractivity contribution >= 4 is 11.6 Å². The average molecular weight is 249 g/mol. The maximum atomic E-state index is 11.9. The predicted octanol–water partition coefficient (Wildman–Crippen LogP) is 0.852. The Morgan fingerprint density at radius 1 is 1.56 bits per heavy atom. The van der Waals surface area contributed by atoms with E-state index < -0.39 is 4.92 Å². The van der Waals surface area contributed by atoms with Gasteiger partial charge in [0.1, 0.15) is 0 Å². The van der Waals surface area contributed by atoms with Crippen molar-refractivity contribution in [3.8, 4) is 0 Å². The fourth-order valence-corrected chi connectivity index (χ4v) is 1.79. The molecule has 0 radical (unpaired) electrons. The minimum absolute atomic E-state index is 0.0592. The van der Waals surface area contributed by atoms with Crippen LogP contribution in [0.2, 0.25) is 0 Å². The van der Waals surface area contributed by atoms with Gasteiger partial charge >= 0.3 is 0 Å². The number of nitrogens with one attached hydrogen (secondary N) is 2. The lowest BCUT2D eigenvalue weighted by atomic mass is 10.0. The number of rotatable bonds is 4. The quantitative estimate of drug-likeness (QED) is 0.612. The summed E-state index contributed by atoms with van der Waals surface area (Å²) in [5, 5.41) is 16.6.